The lowest BCUT2D eigenvalue weighted by Gasteiger charge is -2.10. The van der Waals surface area contributed by atoms with Crippen LogP contribution in [0.3, 0.4) is 0 Å². The van der Waals surface area contributed by atoms with Crippen molar-refractivity contribution in [2.24, 2.45) is 0 Å². The van der Waals surface area contributed by atoms with Gasteiger partial charge in [0.25, 0.3) is 0 Å². The Morgan fingerprint density at radius 2 is 2.10 bits per heavy atom. The van der Waals surface area contributed by atoms with Gasteiger partial charge in [-0.3, -0.25) is 0 Å². The Balaban J connectivity index is 1.95. The Morgan fingerprint density at radius 1 is 1.29 bits per heavy atom. The molecule has 2 aromatic carbocycles. The monoisotopic (exact) mass is 300 g/mol. The Labute approximate surface area is 127 Å². The molecule has 2 rings (SSSR count). The highest BCUT2D eigenvalue weighted by molar-refractivity contribution is 6.30. The fraction of sp³-hybridized carbons (Fsp3) is 0.0667. The average Bonchev–Trinajstić information content (AvgIpc) is 2.47. The van der Waals surface area contributed by atoms with E-state index in [1.54, 1.807) is 24.3 Å². The first-order chi connectivity index (χ1) is 10.1. The van der Waals surface area contributed by atoms with Crippen LogP contribution < -0.4 is 16.4 Å². The summed E-state index contributed by atoms with van der Waals surface area (Å²) in [6.07, 6.45) is 0. The number of benzene rings is 2. The number of carbonyl (C=O) groups is 1. The smallest absolute Gasteiger partial charge is 0.319 e. The second-order valence-electron chi connectivity index (χ2n) is 4.35. The summed E-state index contributed by atoms with van der Waals surface area (Å²) in [5.41, 5.74) is 7.89. The van der Waals surface area contributed by atoms with Gasteiger partial charge in [-0.15, -0.1) is 0 Å². The van der Waals surface area contributed by atoms with E-state index in [0.29, 0.717) is 28.5 Å². The van der Waals surface area contributed by atoms with E-state index in [2.05, 4.69) is 10.6 Å². The summed E-state index contributed by atoms with van der Waals surface area (Å²) in [4.78, 5) is 11.8. The molecule has 0 heterocycles. The summed E-state index contributed by atoms with van der Waals surface area (Å²) in [6, 6.07) is 13.5. The fourth-order valence-electron chi connectivity index (χ4n) is 1.74. The quantitative estimate of drug-likeness (QED) is 0.761. The van der Waals surface area contributed by atoms with Gasteiger partial charge in [-0.05, 0) is 35.9 Å². The molecule has 0 saturated carbocycles. The molecule has 0 atom stereocenters. The molecule has 5 nitrogen and oxygen atoms in total. The zero-order chi connectivity index (χ0) is 15.2. The van der Waals surface area contributed by atoms with Gasteiger partial charge in [-0.25, -0.2) is 4.79 Å². The first-order valence-electron chi connectivity index (χ1n) is 6.17. The summed E-state index contributed by atoms with van der Waals surface area (Å²) < 4.78 is 0. The van der Waals surface area contributed by atoms with Crippen molar-refractivity contribution in [2.75, 3.05) is 11.1 Å². The number of hydrogen-bond acceptors (Lipinski definition) is 3. The molecule has 0 unspecified atom stereocenters. The minimum Gasteiger partial charge on any atom is -0.397 e. The predicted molar refractivity (Wildman–Crippen MR) is 82.9 cm³/mol. The summed E-state index contributed by atoms with van der Waals surface area (Å²) in [6.45, 7) is 0.350. The summed E-state index contributed by atoms with van der Waals surface area (Å²) >= 11 is 5.87. The number of rotatable bonds is 3. The zero-order valence-corrected chi connectivity index (χ0v) is 11.8. The van der Waals surface area contributed by atoms with Crippen LogP contribution in [0.5, 0.6) is 0 Å². The zero-order valence-electron chi connectivity index (χ0n) is 11.1. The number of carbonyl (C=O) groups excluding carboxylic acids is 1. The maximum Gasteiger partial charge on any atom is 0.319 e. The molecule has 2 aromatic rings. The number of nitrogens with two attached hydrogens (primary N) is 1. The summed E-state index contributed by atoms with van der Waals surface area (Å²) in [5.74, 6) is 0. The molecule has 0 aliphatic carbocycles. The van der Waals surface area contributed by atoms with E-state index in [0.717, 1.165) is 5.56 Å². The topological polar surface area (TPSA) is 90.9 Å². The molecule has 0 fully saturated rings. The molecule has 0 aliphatic rings. The Kier molecular flexibility index (Phi) is 4.64. The van der Waals surface area contributed by atoms with Crippen molar-refractivity contribution in [1.82, 2.24) is 5.32 Å². The van der Waals surface area contributed by atoms with Crippen LogP contribution in [0.2, 0.25) is 5.02 Å². The highest BCUT2D eigenvalue weighted by atomic mass is 35.5. The van der Waals surface area contributed by atoms with Crippen LogP contribution in [-0.4, -0.2) is 6.03 Å². The highest BCUT2D eigenvalue weighted by Gasteiger charge is 2.05. The molecule has 106 valence electrons. The van der Waals surface area contributed by atoms with Crippen molar-refractivity contribution >= 4 is 29.0 Å². The van der Waals surface area contributed by atoms with Gasteiger partial charge in [0.1, 0.15) is 0 Å². The molecular weight excluding hydrogens is 288 g/mol. The Bertz CT molecular complexity index is 709. The van der Waals surface area contributed by atoms with Gasteiger partial charge < -0.3 is 16.4 Å². The van der Waals surface area contributed by atoms with E-state index in [-0.39, 0.29) is 6.03 Å². The number of nitriles is 1. The molecule has 21 heavy (non-hydrogen) atoms. The number of nitrogens with zero attached hydrogens (tertiary/aromatic N) is 1. The van der Waals surface area contributed by atoms with Crippen LogP contribution in [0, 0.1) is 11.3 Å². The first-order valence-corrected chi connectivity index (χ1v) is 6.55. The van der Waals surface area contributed by atoms with Crippen LogP contribution in [0.25, 0.3) is 0 Å². The lowest BCUT2D eigenvalue weighted by Crippen LogP contribution is -2.28. The average molecular weight is 301 g/mol. The molecule has 4 N–H and O–H groups in total. The molecule has 0 aromatic heterocycles. The third-order valence-electron chi connectivity index (χ3n) is 2.77. The molecule has 0 spiro atoms. The highest BCUT2D eigenvalue weighted by Crippen LogP contribution is 2.19. The normalized spacial score (nSPS) is 9.71. The van der Waals surface area contributed by atoms with Crippen molar-refractivity contribution in [3.63, 3.8) is 0 Å². The third kappa shape index (κ3) is 4.13. The Morgan fingerprint density at radius 3 is 2.76 bits per heavy atom. The van der Waals surface area contributed by atoms with Gasteiger partial charge in [0.15, 0.2) is 0 Å². The molecule has 2 amide bonds. The van der Waals surface area contributed by atoms with Crippen LogP contribution in [0.1, 0.15) is 11.1 Å². The number of hydrogen-bond donors (Lipinski definition) is 3. The minimum atomic E-state index is -0.383. The number of anilines is 2. The van der Waals surface area contributed by atoms with Crippen molar-refractivity contribution in [2.45, 2.75) is 6.54 Å². The number of halogens is 1. The van der Waals surface area contributed by atoms with Crippen LogP contribution in [0.15, 0.2) is 42.5 Å². The van der Waals surface area contributed by atoms with Gasteiger partial charge in [-0.1, -0.05) is 23.7 Å². The van der Waals surface area contributed by atoms with Crippen molar-refractivity contribution in [3.05, 3.63) is 58.6 Å². The van der Waals surface area contributed by atoms with Crippen molar-refractivity contribution in [1.29, 1.82) is 5.26 Å². The van der Waals surface area contributed by atoms with E-state index in [1.807, 2.05) is 18.2 Å². The van der Waals surface area contributed by atoms with Crippen LogP contribution >= 0.6 is 11.6 Å². The van der Waals surface area contributed by atoms with Crippen molar-refractivity contribution in [3.8, 4) is 6.07 Å². The fourth-order valence-corrected chi connectivity index (χ4v) is 1.95. The minimum absolute atomic E-state index is 0.340. The number of nitrogens with one attached hydrogen (secondary N) is 2. The lowest BCUT2D eigenvalue weighted by atomic mass is 10.2. The molecule has 0 radical (unpaired) electrons. The lowest BCUT2D eigenvalue weighted by molar-refractivity contribution is 0.252. The summed E-state index contributed by atoms with van der Waals surface area (Å²) in [5, 5.41) is 14.7. The molecule has 6 heteroatoms. The molecule has 0 bridgehead atoms. The maximum atomic E-state index is 11.8. The van der Waals surface area contributed by atoms with Gasteiger partial charge in [-0.2, -0.15) is 5.26 Å². The second kappa shape index (κ2) is 6.64. The summed E-state index contributed by atoms with van der Waals surface area (Å²) in [7, 11) is 0. The van der Waals surface area contributed by atoms with Crippen LogP contribution in [0.4, 0.5) is 16.2 Å². The predicted octanol–water partition coefficient (Wildman–Crippen LogP) is 3.12. The molecule has 0 saturated heterocycles. The van der Waals surface area contributed by atoms with E-state index in [4.69, 9.17) is 22.6 Å². The van der Waals surface area contributed by atoms with E-state index in [9.17, 15) is 4.79 Å². The van der Waals surface area contributed by atoms with E-state index >= 15 is 0 Å². The maximum absolute atomic E-state index is 11.8. The van der Waals surface area contributed by atoms with Gasteiger partial charge in [0.2, 0.25) is 0 Å². The number of urea groups is 1. The standard InChI is InChI=1S/C15H13ClN4O/c16-12-3-1-2-11(6-12)9-19-15(21)20-14-5-4-10(8-17)7-13(14)18/h1-7H,9,18H2,(H2,19,20,21). The van der Waals surface area contributed by atoms with E-state index in [1.165, 1.54) is 6.07 Å². The van der Waals surface area contributed by atoms with E-state index < -0.39 is 0 Å². The number of nitrogen functional groups attached to an aromatic ring is 1. The molecule has 0 aliphatic heterocycles. The third-order valence-corrected chi connectivity index (χ3v) is 3.01. The number of amides is 2. The first kappa shape index (κ1) is 14.7. The second-order valence-corrected chi connectivity index (χ2v) is 4.79. The molecular formula is C15H13ClN4O. The largest absolute Gasteiger partial charge is 0.397 e. The van der Waals surface area contributed by atoms with Crippen LogP contribution in [-0.2, 0) is 6.54 Å². The van der Waals surface area contributed by atoms with Gasteiger partial charge in [0.05, 0.1) is 23.0 Å². The SMILES string of the molecule is N#Cc1ccc(NC(=O)NCc2cccc(Cl)c2)c(N)c1. The van der Waals surface area contributed by atoms with Crippen molar-refractivity contribution < 1.29 is 4.79 Å². The van der Waals surface area contributed by atoms with Gasteiger partial charge in [0, 0.05) is 11.6 Å². The Hall–Kier alpha value is -2.71. The van der Waals surface area contributed by atoms with Gasteiger partial charge >= 0.3 is 6.03 Å².